The molecule has 1 aromatic carbocycles. The molecule has 33 heavy (non-hydrogen) atoms. The second-order valence-corrected chi connectivity index (χ2v) is 7.15. The Morgan fingerprint density at radius 1 is 0.939 bits per heavy atom. The smallest absolute Gasteiger partial charge is 0.434 e. The summed E-state index contributed by atoms with van der Waals surface area (Å²) in [7, 11) is 0. The molecule has 0 amide bonds. The van der Waals surface area contributed by atoms with Gasteiger partial charge in [0.2, 0.25) is 11.9 Å². The molecule has 0 radical (unpaired) electrons. The van der Waals surface area contributed by atoms with Gasteiger partial charge in [-0.2, -0.15) is 41.3 Å². The predicted octanol–water partition coefficient (Wildman–Crippen LogP) is 4.78. The number of halogens is 6. The van der Waals surface area contributed by atoms with E-state index in [9.17, 15) is 36.5 Å². The van der Waals surface area contributed by atoms with Crippen molar-refractivity contribution in [3.63, 3.8) is 0 Å². The lowest BCUT2D eigenvalue weighted by atomic mass is 10.2. The number of anilines is 3. The van der Waals surface area contributed by atoms with Gasteiger partial charge in [-0.15, -0.1) is 0 Å². The highest BCUT2D eigenvalue weighted by Gasteiger charge is 2.59. The van der Waals surface area contributed by atoms with Crippen LogP contribution >= 0.6 is 0 Å². The van der Waals surface area contributed by atoms with Gasteiger partial charge in [0.15, 0.2) is 0 Å². The number of hydrogen-bond acceptors (Lipinski definition) is 8. The number of nitro groups is 1. The summed E-state index contributed by atoms with van der Waals surface area (Å²) in [4.78, 5) is 23.1. The van der Waals surface area contributed by atoms with E-state index in [2.05, 4.69) is 25.0 Å². The Kier molecular flexibility index (Phi) is 7.07. The maximum Gasteiger partial charge on any atom is 0.434 e. The van der Waals surface area contributed by atoms with Crippen LogP contribution in [0.3, 0.4) is 0 Å². The molecule has 1 saturated heterocycles. The fourth-order valence-corrected chi connectivity index (χ4v) is 3.09. The summed E-state index contributed by atoms with van der Waals surface area (Å²) in [5.41, 5.74) is -0.00793. The highest BCUT2D eigenvalue weighted by Crippen LogP contribution is 2.36. The summed E-state index contributed by atoms with van der Waals surface area (Å²) in [6, 6.07) is 3.71. The van der Waals surface area contributed by atoms with Gasteiger partial charge >= 0.3 is 18.4 Å². The van der Waals surface area contributed by atoms with E-state index in [0.717, 1.165) is 37.8 Å². The zero-order chi connectivity index (χ0) is 24.2. The molecule has 0 unspecified atom stereocenters. The summed E-state index contributed by atoms with van der Waals surface area (Å²) in [5, 5.41) is 13.4. The van der Waals surface area contributed by atoms with Gasteiger partial charge in [-0.25, -0.2) is 0 Å². The van der Waals surface area contributed by atoms with E-state index in [4.69, 9.17) is 0 Å². The minimum absolute atomic E-state index is 0.144. The van der Waals surface area contributed by atoms with E-state index < -0.39 is 29.4 Å². The third kappa shape index (κ3) is 6.55. The molecular weight excluding hydrogens is 462 g/mol. The molecule has 9 nitrogen and oxygen atoms in total. The van der Waals surface area contributed by atoms with Crippen molar-refractivity contribution in [2.24, 2.45) is 0 Å². The number of aromatic nitrogens is 3. The molecule has 0 atom stereocenters. The number of hydrogen-bond donors (Lipinski definition) is 1. The van der Waals surface area contributed by atoms with E-state index in [1.54, 1.807) is 4.90 Å². The molecule has 0 spiro atoms. The van der Waals surface area contributed by atoms with Crippen molar-refractivity contribution >= 4 is 23.3 Å². The normalized spacial score (nSPS) is 15.3. The second-order valence-electron chi connectivity index (χ2n) is 7.15. The molecule has 1 aliphatic rings. The number of benzene rings is 1. The fourth-order valence-electron chi connectivity index (χ4n) is 3.09. The summed E-state index contributed by atoms with van der Waals surface area (Å²) in [5.74, 6) is -0.523. The first-order chi connectivity index (χ1) is 15.4. The van der Waals surface area contributed by atoms with Gasteiger partial charge in [0.05, 0.1) is 4.92 Å². The molecule has 15 heteroatoms. The van der Waals surface area contributed by atoms with Crippen LogP contribution < -0.4 is 15.0 Å². The van der Waals surface area contributed by atoms with Crippen LogP contribution in [0.2, 0.25) is 0 Å². The third-order valence-electron chi connectivity index (χ3n) is 4.64. The maximum absolute atomic E-state index is 13.0. The van der Waals surface area contributed by atoms with Crippen molar-refractivity contribution in [2.75, 3.05) is 23.3 Å². The molecule has 1 fully saturated rings. The molecule has 0 saturated carbocycles. The van der Waals surface area contributed by atoms with Crippen molar-refractivity contribution in [2.45, 2.75) is 44.1 Å². The number of alkyl halides is 6. The van der Waals surface area contributed by atoms with Crippen LogP contribution in [-0.2, 0) is 0 Å². The minimum atomic E-state index is -5.75. The molecule has 2 heterocycles. The number of nitrogens with zero attached hydrogens (tertiary/aromatic N) is 5. The number of nitrogens with one attached hydrogen (secondary N) is 1. The standard InChI is InChI=1S/C18H18F6N6O3/c19-17(20,21)13(18(22,23)24)33-16-27-14(25-11-5-7-12(8-6-11)30(31)32)26-15(28-16)29-9-3-1-2-4-10-29/h5-8,13H,1-4,9-10H2,(H,25,26,27,28). The van der Waals surface area contributed by atoms with Gasteiger partial charge in [0.1, 0.15) is 0 Å². The van der Waals surface area contributed by atoms with Crippen LogP contribution in [0.25, 0.3) is 0 Å². The average Bonchev–Trinajstić information content (AvgIpc) is 3.00. The Morgan fingerprint density at radius 3 is 2.03 bits per heavy atom. The highest BCUT2D eigenvalue weighted by molar-refractivity contribution is 5.56. The van der Waals surface area contributed by atoms with Gasteiger partial charge in [-0.3, -0.25) is 10.1 Å². The predicted molar refractivity (Wildman–Crippen MR) is 103 cm³/mol. The lowest BCUT2D eigenvalue weighted by Gasteiger charge is -2.24. The molecule has 180 valence electrons. The first-order valence-corrected chi connectivity index (χ1v) is 9.76. The highest BCUT2D eigenvalue weighted by atomic mass is 19.4. The van der Waals surface area contributed by atoms with Crippen molar-refractivity contribution in [3.8, 4) is 6.01 Å². The first kappa shape index (κ1) is 24.3. The molecule has 0 bridgehead atoms. The van der Waals surface area contributed by atoms with Crippen LogP contribution in [0.15, 0.2) is 24.3 Å². The zero-order valence-corrected chi connectivity index (χ0v) is 16.9. The molecule has 1 aliphatic heterocycles. The molecule has 1 aromatic heterocycles. The molecule has 2 aromatic rings. The van der Waals surface area contributed by atoms with Gasteiger partial charge in [-0.1, -0.05) is 12.8 Å². The van der Waals surface area contributed by atoms with Crippen LogP contribution in [0.5, 0.6) is 6.01 Å². The molecule has 1 N–H and O–H groups in total. The van der Waals surface area contributed by atoms with E-state index in [0.29, 0.717) is 13.1 Å². The number of rotatable bonds is 6. The monoisotopic (exact) mass is 480 g/mol. The maximum atomic E-state index is 13.0. The topological polar surface area (TPSA) is 106 Å². The summed E-state index contributed by atoms with van der Waals surface area (Å²) < 4.78 is 81.9. The van der Waals surface area contributed by atoms with Crippen LogP contribution in [-0.4, -0.2) is 51.4 Å². The quantitative estimate of drug-likeness (QED) is 0.358. The Balaban J connectivity index is 1.95. The van der Waals surface area contributed by atoms with Crippen LogP contribution in [0.4, 0.5) is 49.6 Å². The van der Waals surface area contributed by atoms with Crippen LogP contribution in [0.1, 0.15) is 25.7 Å². The largest absolute Gasteiger partial charge is 0.440 e. The van der Waals surface area contributed by atoms with E-state index in [1.165, 1.54) is 12.1 Å². The summed E-state index contributed by atoms with van der Waals surface area (Å²) >= 11 is 0. The van der Waals surface area contributed by atoms with Gasteiger partial charge in [-0.05, 0) is 25.0 Å². The summed E-state index contributed by atoms with van der Waals surface area (Å²) in [6.45, 7) is 0.894. The Morgan fingerprint density at radius 2 is 1.52 bits per heavy atom. The molecule has 0 aliphatic carbocycles. The van der Waals surface area contributed by atoms with Crippen molar-refractivity contribution in [1.29, 1.82) is 0 Å². The van der Waals surface area contributed by atoms with Crippen molar-refractivity contribution in [1.82, 2.24) is 15.0 Å². The van der Waals surface area contributed by atoms with Gasteiger partial charge < -0.3 is 15.0 Å². The van der Waals surface area contributed by atoms with Gasteiger partial charge in [0, 0.05) is 30.9 Å². The number of ether oxygens (including phenoxy) is 1. The first-order valence-electron chi connectivity index (χ1n) is 9.76. The number of nitro benzene ring substituents is 1. The fraction of sp³-hybridized carbons (Fsp3) is 0.500. The third-order valence-corrected chi connectivity index (χ3v) is 4.64. The Hall–Kier alpha value is -3.39. The number of non-ortho nitro benzene ring substituents is 1. The van der Waals surface area contributed by atoms with E-state index in [1.807, 2.05) is 0 Å². The molecular formula is C18H18F6N6O3. The van der Waals surface area contributed by atoms with E-state index in [-0.39, 0.29) is 23.3 Å². The van der Waals surface area contributed by atoms with Crippen molar-refractivity contribution < 1.29 is 36.0 Å². The SMILES string of the molecule is O=[N+]([O-])c1ccc(Nc2nc(OC(C(F)(F)F)C(F)(F)F)nc(N3CCCCCC3)n2)cc1. The summed E-state index contributed by atoms with van der Waals surface area (Å²) in [6.07, 6.45) is -12.3. The van der Waals surface area contributed by atoms with E-state index >= 15 is 0 Å². The zero-order valence-electron chi connectivity index (χ0n) is 16.9. The molecule has 3 rings (SSSR count). The lowest BCUT2D eigenvalue weighted by Crippen LogP contribution is -2.47. The Labute approximate surface area is 182 Å². The lowest BCUT2D eigenvalue weighted by molar-refractivity contribution is -0.384. The van der Waals surface area contributed by atoms with Crippen molar-refractivity contribution in [3.05, 3.63) is 34.4 Å². The average molecular weight is 480 g/mol. The van der Waals surface area contributed by atoms with Crippen LogP contribution in [0, 0.1) is 10.1 Å². The Bertz CT molecular complexity index is 948. The second kappa shape index (κ2) is 9.62. The minimum Gasteiger partial charge on any atom is -0.440 e. The van der Waals surface area contributed by atoms with Gasteiger partial charge in [0.25, 0.3) is 11.8 Å².